The highest BCUT2D eigenvalue weighted by Crippen LogP contribution is 2.26. The van der Waals surface area contributed by atoms with Gasteiger partial charge in [-0.1, -0.05) is 22.0 Å². The van der Waals surface area contributed by atoms with Crippen LogP contribution in [0.3, 0.4) is 0 Å². The molecule has 0 N–H and O–H groups in total. The minimum Gasteiger partial charge on any atom is -0.296 e. The second-order valence-corrected chi connectivity index (χ2v) is 6.16. The Morgan fingerprint density at radius 2 is 2.05 bits per heavy atom. The first-order valence-electron chi connectivity index (χ1n) is 6.59. The zero-order valence-electron chi connectivity index (χ0n) is 11.4. The number of benzene rings is 2. The normalized spacial score (nSPS) is 11.2. The second-order valence-electron chi connectivity index (χ2n) is 4.87. The molecule has 0 radical (unpaired) electrons. The van der Waals surface area contributed by atoms with Crippen LogP contribution in [0.2, 0.25) is 0 Å². The smallest absolute Gasteiger partial charge is 0.128 e. The predicted molar refractivity (Wildman–Crippen MR) is 87.9 cm³/mol. The molecule has 0 bridgehead atoms. The molecule has 21 heavy (non-hydrogen) atoms. The van der Waals surface area contributed by atoms with Crippen molar-refractivity contribution >= 4 is 38.6 Å². The highest BCUT2D eigenvalue weighted by Gasteiger charge is 2.13. The molecule has 1 heterocycles. The number of nitrogens with zero attached hydrogens (tertiary/aromatic N) is 2. The minimum atomic E-state index is -0.219. The fraction of sp³-hybridized carbons (Fsp3) is 0.188. The molecule has 0 aliphatic rings. The molecule has 0 saturated carbocycles. The molecule has 3 rings (SSSR count). The Morgan fingerprint density at radius 3 is 2.76 bits per heavy atom. The molecule has 0 spiro atoms. The molecule has 3 aromatic rings. The summed E-state index contributed by atoms with van der Waals surface area (Å²) in [6.07, 6.45) is 0.628. The average Bonchev–Trinajstić information content (AvgIpc) is 2.79. The van der Waals surface area contributed by atoms with Crippen LogP contribution in [-0.2, 0) is 6.42 Å². The van der Waals surface area contributed by atoms with Crippen LogP contribution in [0.5, 0.6) is 0 Å². The van der Waals surface area contributed by atoms with Crippen molar-refractivity contribution in [1.82, 2.24) is 9.55 Å². The number of hydrogen-bond acceptors (Lipinski definition) is 1. The van der Waals surface area contributed by atoms with Gasteiger partial charge in [0, 0.05) is 16.8 Å². The number of rotatable bonds is 3. The van der Waals surface area contributed by atoms with E-state index in [2.05, 4.69) is 20.9 Å². The van der Waals surface area contributed by atoms with Crippen molar-refractivity contribution in [3.8, 4) is 5.69 Å². The lowest BCUT2D eigenvalue weighted by molar-refractivity contribution is 0.617. The van der Waals surface area contributed by atoms with Gasteiger partial charge in [-0.05, 0) is 42.8 Å². The third-order valence-electron chi connectivity index (χ3n) is 3.42. The SMILES string of the molecule is Cc1ccc(-n2c(CCCl)nc3cc(Br)ccc32)cc1F. The summed E-state index contributed by atoms with van der Waals surface area (Å²) < 4.78 is 16.8. The second kappa shape index (κ2) is 5.78. The lowest BCUT2D eigenvalue weighted by Crippen LogP contribution is -2.03. The van der Waals surface area contributed by atoms with Crippen LogP contribution in [0.15, 0.2) is 40.9 Å². The van der Waals surface area contributed by atoms with Crippen LogP contribution in [0.25, 0.3) is 16.7 Å². The number of aryl methyl sites for hydroxylation is 2. The van der Waals surface area contributed by atoms with Crippen molar-refractivity contribution in [3.63, 3.8) is 0 Å². The van der Waals surface area contributed by atoms with Gasteiger partial charge >= 0.3 is 0 Å². The topological polar surface area (TPSA) is 17.8 Å². The lowest BCUT2D eigenvalue weighted by Gasteiger charge is -2.09. The summed E-state index contributed by atoms with van der Waals surface area (Å²) in [5.41, 5.74) is 3.21. The third kappa shape index (κ3) is 2.70. The van der Waals surface area contributed by atoms with Crippen LogP contribution in [0, 0.1) is 12.7 Å². The highest BCUT2D eigenvalue weighted by molar-refractivity contribution is 9.10. The largest absolute Gasteiger partial charge is 0.296 e. The molecule has 0 atom stereocenters. The van der Waals surface area contributed by atoms with E-state index in [1.165, 1.54) is 6.07 Å². The Labute approximate surface area is 135 Å². The highest BCUT2D eigenvalue weighted by atomic mass is 79.9. The quantitative estimate of drug-likeness (QED) is 0.595. The van der Waals surface area contributed by atoms with Gasteiger partial charge in [-0.2, -0.15) is 0 Å². The summed E-state index contributed by atoms with van der Waals surface area (Å²) in [6.45, 7) is 1.75. The van der Waals surface area contributed by atoms with Gasteiger partial charge in [0.2, 0.25) is 0 Å². The summed E-state index contributed by atoms with van der Waals surface area (Å²) in [4.78, 5) is 4.62. The lowest BCUT2D eigenvalue weighted by atomic mass is 10.2. The van der Waals surface area contributed by atoms with Gasteiger partial charge in [0.1, 0.15) is 11.6 Å². The van der Waals surface area contributed by atoms with Gasteiger partial charge in [-0.15, -0.1) is 11.6 Å². The van der Waals surface area contributed by atoms with Crippen LogP contribution >= 0.6 is 27.5 Å². The van der Waals surface area contributed by atoms with E-state index in [0.717, 1.165) is 27.0 Å². The summed E-state index contributed by atoms with van der Waals surface area (Å²) in [5, 5.41) is 0. The first kappa shape index (κ1) is 14.5. The van der Waals surface area contributed by atoms with Crippen molar-refractivity contribution < 1.29 is 4.39 Å². The molecule has 0 saturated heterocycles. The van der Waals surface area contributed by atoms with Crippen molar-refractivity contribution in [2.75, 3.05) is 5.88 Å². The van der Waals surface area contributed by atoms with Crippen LogP contribution < -0.4 is 0 Å². The van der Waals surface area contributed by atoms with E-state index in [-0.39, 0.29) is 5.82 Å². The predicted octanol–water partition coefficient (Wildman–Crippen LogP) is 5.02. The Morgan fingerprint density at radius 1 is 1.24 bits per heavy atom. The zero-order chi connectivity index (χ0) is 15.0. The maximum atomic E-state index is 13.9. The number of fused-ring (bicyclic) bond motifs is 1. The molecule has 108 valence electrons. The van der Waals surface area contributed by atoms with Gasteiger partial charge in [0.15, 0.2) is 0 Å². The first-order valence-corrected chi connectivity index (χ1v) is 7.92. The van der Waals surface area contributed by atoms with Crippen molar-refractivity contribution in [2.24, 2.45) is 0 Å². The van der Waals surface area contributed by atoms with E-state index in [4.69, 9.17) is 11.6 Å². The number of halogens is 3. The summed E-state index contributed by atoms with van der Waals surface area (Å²) >= 11 is 9.32. The maximum Gasteiger partial charge on any atom is 0.128 e. The Kier molecular flexibility index (Phi) is 4.00. The minimum absolute atomic E-state index is 0.219. The fourth-order valence-corrected chi connectivity index (χ4v) is 2.88. The van der Waals surface area contributed by atoms with Crippen molar-refractivity contribution in [2.45, 2.75) is 13.3 Å². The van der Waals surface area contributed by atoms with Crippen molar-refractivity contribution in [1.29, 1.82) is 0 Å². The molecular formula is C16H13BrClFN2. The number of imidazole rings is 1. The molecule has 0 amide bonds. The van der Waals surface area contributed by atoms with Crippen LogP contribution in [-0.4, -0.2) is 15.4 Å². The summed E-state index contributed by atoms with van der Waals surface area (Å²) in [6, 6.07) is 11.1. The monoisotopic (exact) mass is 366 g/mol. The molecule has 1 aromatic heterocycles. The van der Waals surface area contributed by atoms with E-state index < -0.39 is 0 Å². The standard InChI is InChI=1S/C16H13BrClFN2/c1-10-2-4-12(9-13(10)19)21-15-5-3-11(17)8-14(15)20-16(21)6-7-18/h2-5,8-9H,6-7H2,1H3. The Hall–Kier alpha value is -1.39. The number of alkyl halides is 1. The van der Waals surface area contributed by atoms with E-state index in [1.54, 1.807) is 13.0 Å². The Bertz CT molecular complexity index is 813. The van der Waals surface area contributed by atoms with Gasteiger partial charge in [0.05, 0.1) is 16.7 Å². The van der Waals surface area contributed by atoms with Gasteiger partial charge < -0.3 is 0 Å². The van der Waals surface area contributed by atoms with Crippen LogP contribution in [0.1, 0.15) is 11.4 Å². The molecule has 0 aliphatic carbocycles. The molecule has 0 unspecified atom stereocenters. The van der Waals surface area contributed by atoms with E-state index >= 15 is 0 Å². The van der Waals surface area contributed by atoms with E-state index in [1.807, 2.05) is 28.8 Å². The number of aromatic nitrogens is 2. The van der Waals surface area contributed by atoms with E-state index in [0.29, 0.717) is 17.9 Å². The number of hydrogen-bond donors (Lipinski definition) is 0. The molecule has 2 nitrogen and oxygen atoms in total. The zero-order valence-corrected chi connectivity index (χ0v) is 13.7. The average molecular weight is 368 g/mol. The molecule has 5 heteroatoms. The van der Waals surface area contributed by atoms with Gasteiger partial charge in [-0.3, -0.25) is 4.57 Å². The van der Waals surface area contributed by atoms with Gasteiger partial charge in [-0.25, -0.2) is 9.37 Å². The maximum absolute atomic E-state index is 13.9. The summed E-state index contributed by atoms with van der Waals surface area (Å²) in [5.74, 6) is 1.09. The molecule has 0 fully saturated rings. The summed E-state index contributed by atoms with van der Waals surface area (Å²) in [7, 11) is 0. The molecular weight excluding hydrogens is 355 g/mol. The van der Waals surface area contributed by atoms with Gasteiger partial charge in [0.25, 0.3) is 0 Å². The van der Waals surface area contributed by atoms with Crippen molar-refractivity contribution in [3.05, 3.63) is 58.1 Å². The Balaban J connectivity index is 2.27. The van der Waals surface area contributed by atoms with Crippen LogP contribution in [0.4, 0.5) is 4.39 Å². The molecule has 2 aromatic carbocycles. The third-order valence-corrected chi connectivity index (χ3v) is 4.10. The fourth-order valence-electron chi connectivity index (χ4n) is 2.36. The molecule has 0 aliphatic heterocycles. The first-order chi connectivity index (χ1) is 10.1. The van der Waals surface area contributed by atoms with E-state index in [9.17, 15) is 4.39 Å².